The third-order valence-electron chi connectivity index (χ3n) is 2.91. The van der Waals surface area contributed by atoms with E-state index in [1.165, 1.54) is 12.4 Å². The normalized spacial score (nSPS) is 11.3. The molecule has 0 fully saturated rings. The number of carbonyl (C=O) groups is 1. The summed E-state index contributed by atoms with van der Waals surface area (Å²) in [6.07, 6.45) is 4.11. The summed E-state index contributed by atoms with van der Waals surface area (Å²) < 4.78 is 0. The van der Waals surface area contributed by atoms with Crippen molar-refractivity contribution in [2.45, 2.75) is 32.3 Å². The van der Waals surface area contributed by atoms with Crippen molar-refractivity contribution in [1.82, 2.24) is 10.3 Å². The Morgan fingerprint density at radius 3 is 2.71 bits per heavy atom. The van der Waals surface area contributed by atoms with Crippen LogP contribution in [0.1, 0.15) is 37.0 Å². The molecule has 0 aliphatic heterocycles. The molecule has 17 heavy (non-hydrogen) atoms. The molecule has 1 rings (SSSR count). The highest BCUT2D eigenvalue weighted by molar-refractivity contribution is 6.33. The molecule has 2 N–H and O–H groups in total. The predicted molar refractivity (Wildman–Crippen MR) is 67.1 cm³/mol. The van der Waals surface area contributed by atoms with Crippen LogP contribution in [0.25, 0.3) is 0 Å². The lowest BCUT2D eigenvalue weighted by Gasteiger charge is -2.25. The first-order valence-electron chi connectivity index (χ1n) is 5.62. The van der Waals surface area contributed by atoms with E-state index in [2.05, 4.69) is 10.3 Å². The van der Waals surface area contributed by atoms with E-state index in [4.69, 9.17) is 11.6 Å². The summed E-state index contributed by atoms with van der Waals surface area (Å²) in [6.45, 7) is 3.99. The maximum Gasteiger partial charge on any atom is 0.253 e. The summed E-state index contributed by atoms with van der Waals surface area (Å²) in [7, 11) is 0. The standard InChI is InChI=1S/C12H17ClN2O2/c1-3-12(17,4-2)8-15-11(16)9-5-6-14-7-10(9)13/h5-7,17H,3-4,8H2,1-2H3,(H,15,16). The highest BCUT2D eigenvalue weighted by Gasteiger charge is 2.23. The van der Waals surface area contributed by atoms with E-state index in [0.717, 1.165) is 0 Å². The molecule has 0 aliphatic carbocycles. The van der Waals surface area contributed by atoms with E-state index in [1.807, 2.05) is 13.8 Å². The summed E-state index contributed by atoms with van der Waals surface area (Å²) in [4.78, 5) is 15.6. The largest absolute Gasteiger partial charge is 0.388 e. The Hall–Kier alpha value is -1.13. The molecule has 1 amide bonds. The first kappa shape index (κ1) is 13.9. The molecular formula is C12H17ClN2O2. The van der Waals surface area contributed by atoms with Gasteiger partial charge >= 0.3 is 0 Å². The number of rotatable bonds is 5. The third-order valence-corrected chi connectivity index (χ3v) is 3.21. The van der Waals surface area contributed by atoms with Crippen LogP contribution < -0.4 is 5.32 Å². The zero-order valence-corrected chi connectivity index (χ0v) is 10.8. The van der Waals surface area contributed by atoms with Crippen molar-refractivity contribution < 1.29 is 9.90 Å². The Labute approximate surface area is 106 Å². The van der Waals surface area contributed by atoms with Gasteiger partial charge in [-0.1, -0.05) is 25.4 Å². The first-order valence-corrected chi connectivity index (χ1v) is 6.00. The average molecular weight is 257 g/mol. The van der Waals surface area contributed by atoms with Gasteiger partial charge in [-0.2, -0.15) is 0 Å². The van der Waals surface area contributed by atoms with Crippen molar-refractivity contribution in [3.8, 4) is 0 Å². The lowest BCUT2D eigenvalue weighted by Crippen LogP contribution is -2.42. The van der Waals surface area contributed by atoms with Gasteiger partial charge < -0.3 is 10.4 Å². The van der Waals surface area contributed by atoms with Gasteiger partial charge in [-0.15, -0.1) is 0 Å². The minimum absolute atomic E-state index is 0.220. The second-order valence-electron chi connectivity index (χ2n) is 3.97. The monoisotopic (exact) mass is 256 g/mol. The van der Waals surface area contributed by atoms with E-state index in [0.29, 0.717) is 23.4 Å². The van der Waals surface area contributed by atoms with E-state index >= 15 is 0 Å². The minimum atomic E-state index is -0.852. The average Bonchev–Trinajstić information content (AvgIpc) is 2.36. The van der Waals surface area contributed by atoms with Gasteiger partial charge in [-0.3, -0.25) is 9.78 Å². The summed E-state index contributed by atoms with van der Waals surface area (Å²) in [6, 6.07) is 1.55. The van der Waals surface area contributed by atoms with Gasteiger partial charge in [0.15, 0.2) is 0 Å². The van der Waals surface area contributed by atoms with E-state index in [1.54, 1.807) is 6.07 Å². The Morgan fingerprint density at radius 2 is 2.18 bits per heavy atom. The van der Waals surface area contributed by atoms with Crippen LogP contribution in [0.15, 0.2) is 18.5 Å². The van der Waals surface area contributed by atoms with Crippen molar-refractivity contribution in [2.24, 2.45) is 0 Å². The summed E-state index contributed by atoms with van der Waals surface area (Å²) in [5, 5.41) is 13.0. The molecule has 0 aliphatic rings. The molecule has 4 nitrogen and oxygen atoms in total. The second-order valence-corrected chi connectivity index (χ2v) is 4.38. The molecule has 1 aromatic rings. The number of carbonyl (C=O) groups excluding carboxylic acids is 1. The fourth-order valence-corrected chi connectivity index (χ4v) is 1.60. The van der Waals surface area contributed by atoms with Crippen LogP contribution in [0.2, 0.25) is 5.02 Å². The van der Waals surface area contributed by atoms with Crippen molar-refractivity contribution >= 4 is 17.5 Å². The quantitative estimate of drug-likeness (QED) is 0.847. The van der Waals surface area contributed by atoms with Crippen LogP contribution in [-0.2, 0) is 0 Å². The Kier molecular flexibility index (Phi) is 4.90. The van der Waals surface area contributed by atoms with Gasteiger partial charge in [0.25, 0.3) is 5.91 Å². The predicted octanol–water partition coefficient (Wildman–Crippen LogP) is 2.02. The van der Waals surface area contributed by atoms with Crippen molar-refractivity contribution in [3.63, 3.8) is 0 Å². The maximum atomic E-state index is 11.8. The molecule has 94 valence electrons. The summed E-state index contributed by atoms with van der Waals surface area (Å²) in [5.74, 6) is -0.294. The van der Waals surface area contributed by atoms with Gasteiger partial charge in [-0.05, 0) is 18.9 Å². The van der Waals surface area contributed by atoms with Crippen LogP contribution >= 0.6 is 11.6 Å². The lowest BCUT2D eigenvalue weighted by molar-refractivity contribution is 0.0314. The lowest BCUT2D eigenvalue weighted by atomic mass is 9.97. The topological polar surface area (TPSA) is 62.2 Å². The Bertz CT molecular complexity index is 392. The zero-order valence-electron chi connectivity index (χ0n) is 10.0. The fraction of sp³-hybridized carbons (Fsp3) is 0.500. The van der Waals surface area contributed by atoms with Crippen molar-refractivity contribution in [2.75, 3.05) is 6.54 Å². The number of pyridine rings is 1. The van der Waals surface area contributed by atoms with Crippen LogP contribution in [0.3, 0.4) is 0 Å². The Balaban J connectivity index is 2.65. The molecule has 0 unspecified atom stereocenters. The van der Waals surface area contributed by atoms with Crippen LogP contribution in [0, 0.1) is 0 Å². The van der Waals surface area contributed by atoms with E-state index in [-0.39, 0.29) is 12.5 Å². The van der Waals surface area contributed by atoms with Gasteiger partial charge in [-0.25, -0.2) is 0 Å². The van der Waals surface area contributed by atoms with Gasteiger partial charge in [0.2, 0.25) is 0 Å². The van der Waals surface area contributed by atoms with E-state index < -0.39 is 5.60 Å². The zero-order chi connectivity index (χ0) is 12.9. The number of nitrogens with one attached hydrogen (secondary N) is 1. The van der Waals surface area contributed by atoms with Crippen LogP contribution in [0.4, 0.5) is 0 Å². The number of hydrogen-bond acceptors (Lipinski definition) is 3. The highest BCUT2D eigenvalue weighted by Crippen LogP contribution is 2.15. The number of nitrogens with zero attached hydrogens (tertiary/aromatic N) is 1. The third kappa shape index (κ3) is 3.68. The maximum absolute atomic E-state index is 11.8. The molecule has 0 atom stereocenters. The first-order chi connectivity index (χ1) is 8.02. The van der Waals surface area contributed by atoms with Crippen LogP contribution in [0.5, 0.6) is 0 Å². The second kappa shape index (κ2) is 5.98. The molecule has 0 aromatic carbocycles. The molecule has 0 radical (unpaired) electrons. The summed E-state index contributed by atoms with van der Waals surface area (Å²) in [5.41, 5.74) is -0.481. The molecule has 0 saturated heterocycles. The molecule has 1 aromatic heterocycles. The minimum Gasteiger partial charge on any atom is -0.388 e. The number of halogens is 1. The molecule has 1 heterocycles. The molecule has 0 spiro atoms. The fourth-order valence-electron chi connectivity index (χ4n) is 1.40. The van der Waals surface area contributed by atoms with Gasteiger partial charge in [0, 0.05) is 18.9 Å². The van der Waals surface area contributed by atoms with Crippen molar-refractivity contribution in [1.29, 1.82) is 0 Å². The molecular weight excluding hydrogens is 240 g/mol. The van der Waals surface area contributed by atoms with E-state index in [9.17, 15) is 9.90 Å². The molecule has 0 saturated carbocycles. The molecule has 0 bridgehead atoms. The van der Waals surface area contributed by atoms with Crippen molar-refractivity contribution in [3.05, 3.63) is 29.0 Å². The SMILES string of the molecule is CCC(O)(CC)CNC(=O)c1ccncc1Cl. The number of aliphatic hydroxyl groups is 1. The number of aromatic nitrogens is 1. The Morgan fingerprint density at radius 1 is 1.53 bits per heavy atom. The smallest absolute Gasteiger partial charge is 0.253 e. The number of amides is 1. The summed E-state index contributed by atoms with van der Waals surface area (Å²) >= 11 is 5.85. The van der Waals surface area contributed by atoms with Gasteiger partial charge in [0.05, 0.1) is 16.2 Å². The highest BCUT2D eigenvalue weighted by atomic mass is 35.5. The number of hydrogen-bond donors (Lipinski definition) is 2. The molecule has 5 heteroatoms. The van der Waals surface area contributed by atoms with Crippen LogP contribution in [-0.4, -0.2) is 28.1 Å². The van der Waals surface area contributed by atoms with Gasteiger partial charge in [0.1, 0.15) is 0 Å².